The molecule has 1 N–H and O–H groups in total. The average molecular weight is 428 g/mol. The molecule has 1 unspecified atom stereocenters. The van der Waals surface area contributed by atoms with Crippen LogP contribution < -0.4 is 24.3 Å². The molecule has 31 heavy (non-hydrogen) atoms. The lowest BCUT2D eigenvalue weighted by Gasteiger charge is -2.29. The van der Waals surface area contributed by atoms with E-state index in [1.807, 2.05) is 39.8 Å². The Morgan fingerprint density at radius 2 is 1.55 bits per heavy atom. The van der Waals surface area contributed by atoms with Crippen molar-refractivity contribution in [2.45, 2.75) is 72.6 Å². The highest BCUT2D eigenvalue weighted by atomic mass is 16.5. The number of nitrogens with one attached hydrogen (secondary N) is 1. The zero-order valence-corrected chi connectivity index (χ0v) is 19.8. The van der Waals surface area contributed by atoms with Gasteiger partial charge < -0.3 is 24.3 Å². The second-order valence-corrected chi connectivity index (χ2v) is 8.43. The number of hydrogen-bond donors (Lipinski definition) is 1. The predicted octanol–water partition coefficient (Wildman–Crippen LogP) is 5.49. The normalized spacial score (nSPS) is 15.7. The van der Waals surface area contributed by atoms with Crippen LogP contribution in [0.5, 0.6) is 23.0 Å². The zero-order chi connectivity index (χ0) is 22.4. The molecule has 0 saturated carbocycles. The lowest BCUT2D eigenvalue weighted by molar-refractivity contribution is 0.227. The second-order valence-electron chi connectivity index (χ2n) is 8.43. The molecule has 0 bridgehead atoms. The summed E-state index contributed by atoms with van der Waals surface area (Å²) in [6.45, 7) is 14.4. The minimum absolute atomic E-state index is 0.0953. The van der Waals surface area contributed by atoms with Crippen molar-refractivity contribution in [1.82, 2.24) is 5.32 Å². The molecule has 5 nitrogen and oxygen atoms in total. The van der Waals surface area contributed by atoms with Crippen molar-refractivity contribution in [2.75, 3.05) is 19.8 Å². The zero-order valence-electron chi connectivity index (χ0n) is 19.8. The van der Waals surface area contributed by atoms with Crippen molar-refractivity contribution in [2.24, 2.45) is 0 Å². The van der Waals surface area contributed by atoms with Crippen molar-refractivity contribution in [3.8, 4) is 23.0 Å². The van der Waals surface area contributed by atoms with Crippen LogP contribution in [0.2, 0.25) is 0 Å². The van der Waals surface area contributed by atoms with E-state index in [4.69, 9.17) is 18.9 Å². The SMILES string of the molecule is CCOc1cc2c(cc1OCC)C(Cc1ccc(OC(C)C)cc1OC(C)C)NCC2. The molecular weight excluding hydrogens is 390 g/mol. The molecule has 0 fully saturated rings. The highest BCUT2D eigenvalue weighted by molar-refractivity contribution is 5.50. The number of fused-ring (bicyclic) bond motifs is 1. The molecule has 0 radical (unpaired) electrons. The topological polar surface area (TPSA) is 49.0 Å². The Morgan fingerprint density at radius 3 is 2.19 bits per heavy atom. The van der Waals surface area contributed by atoms with Crippen LogP contribution in [-0.4, -0.2) is 32.0 Å². The summed E-state index contributed by atoms with van der Waals surface area (Å²) in [4.78, 5) is 0. The predicted molar refractivity (Wildman–Crippen MR) is 125 cm³/mol. The molecule has 170 valence electrons. The smallest absolute Gasteiger partial charge is 0.161 e. The first kappa shape index (κ1) is 23.3. The third-order valence-electron chi connectivity index (χ3n) is 5.16. The Bertz CT molecular complexity index is 863. The maximum Gasteiger partial charge on any atom is 0.161 e. The molecule has 1 aliphatic rings. The summed E-state index contributed by atoms with van der Waals surface area (Å²) in [6.07, 6.45) is 2.03. The molecular formula is C26H37NO4. The van der Waals surface area contributed by atoms with Crippen molar-refractivity contribution in [3.63, 3.8) is 0 Å². The maximum atomic E-state index is 6.16. The van der Waals surface area contributed by atoms with Gasteiger partial charge in [-0.15, -0.1) is 0 Å². The van der Waals surface area contributed by atoms with Gasteiger partial charge >= 0.3 is 0 Å². The highest BCUT2D eigenvalue weighted by Gasteiger charge is 2.24. The Hall–Kier alpha value is -2.40. The number of benzene rings is 2. The molecule has 0 aliphatic carbocycles. The van der Waals surface area contributed by atoms with Crippen molar-refractivity contribution in [3.05, 3.63) is 47.0 Å². The lowest BCUT2D eigenvalue weighted by atomic mass is 9.89. The van der Waals surface area contributed by atoms with Crippen LogP contribution in [0.4, 0.5) is 0 Å². The monoisotopic (exact) mass is 427 g/mol. The molecule has 1 atom stereocenters. The molecule has 3 rings (SSSR count). The van der Waals surface area contributed by atoms with Gasteiger partial charge in [-0.25, -0.2) is 0 Å². The summed E-state index contributed by atoms with van der Waals surface area (Å²) in [5.41, 5.74) is 3.76. The van der Waals surface area contributed by atoms with Crippen LogP contribution in [0, 0.1) is 0 Å². The first-order valence-electron chi connectivity index (χ1n) is 11.5. The van der Waals surface area contributed by atoms with E-state index in [1.165, 1.54) is 16.7 Å². The van der Waals surface area contributed by atoms with Crippen molar-refractivity contribution >= 4 is 0 Å². The summed E-state index contributed by atoms with van der Waals surface area (Å²) in [7, 11) is 0. The van der Waals surface area contributed by atoms with E-state index in [2.05, 4.69) is 37.4 Å². The van der Waals surface area contributed by atoms with E-state index in [0.717, 1.165) is 42.4 Å². The summed E-state index contributed by atoms with van der Waals surface area (Å²) in [5.74, 6) is 3.38. The van der Waals surface area contributed by atoms with Crippen LogP contribution in [-0.2, 0) is 12.8 Å². The van der Waals surface area contributed by atoms with Crippen LogP contribution in [0.25, 0.3) is 0 Å². The molecule has 1 aliphatic heterocycles. The summed E-state index contributed by atoms with van der Waals surface area (Å²) in [5, 5.41) is 3.69. The van der Waals surface area contributed by atoms with Crippen molar-refractivity contribution in [1.29, 1.82) is 0 Å². The summed E-state index contributed by atoms with van der Waals surface area (Å²) in [6, 6.07) is 10.7. The van der Waals surface area contributed by atoms with E-state index in [9.17, 15) is 0 Å². The number of hydrogen-bond acceptors (Lipinski definition) is 5. The standard InChI is InChI=1S/C26H37NO4/c1-7-28-25-14-19-11-12-27-23(22(19)16-26(25)29-8-2)13-20-9-10-21(30-17(3)4)15-24(20)31-18(5)6/h9-10,14-18,23,27H,7-8,11-13H2,1-6H3. The highest BCUT2D eigenvalue weighted by Crippen LogP contribution is 2.38. The Kier molecular flexibility index (Phi) is 8.08. The maximum absolute atomic E-state index is 6.16. The fourth-order valence-electron chi connectivity index (χ4n) is 4.00. The third kappa shape index (κ3) is 6.07. The minimum Gasteiger partial charge on any atom is -0.491 e. The van der Waals surface area contributed by atoms with Gasteiger partial charge in [-0.2, -0.15) is 0 Å². The van der Waals surface area contributed by atoms with E-state index >= 15 is 0 Å². The van der Waals surface area contributed by atoms with Crippen LogP contribution in [0.1, 0.15) is 64.3 Å². The van der Waals surface area contributed by atoms with E-state index in [1.54, 1.807) is 0 Å². The first-order valence-corrected chi connectivity index (χ1v) is 11.5. The summed E-state index contributed by atoms with van der Waals surface area (Å²) >= 11 is 0. The fraction of sp³-hybridized carbons (Fsp3) is 0.538. The van der Waals surface area contributed by atoms with Gasteiger partial charge in [-0.1, -0.05) is 6.07 Å². The summed E-state index contributed by atoms with van der Waals surface area (Å²) < 4.78 is 23.8. The van der Waals surface area contributed by atoms with Gasteiger partial charge in [0.1, 0.15) is 11.5 Å². The molecule has 2 aromatic rings. The molecule has 0 saturated heterocycles. The van der Waals surface area contributed by atoms with E-state index in [0.29, 0.717) is 13.2 Å². The van der Waals surface area contributed by atoms with E-state index in [-0.39, 0.29) is 18.2 Å². The van der Waals surface area contributed by atoms with Gasteiger partial charge in [0.05, 0.1) is 25.4 Å². The van der Waals surface area contributed by atoms with Crippen LogP contribution in [0.3, 0.4) is 0 Å². The van der Waals surface area contributed by atoms with Gasteiger partial charge in [0.2, 0.25) is 0 Å². The second kappa shape index (κ2) is 10.8. The molecule has 2 aromatic carbocycles. The first-order chi connectivity index (χ1) is 14.9. The minimum atomic E-state index is 0.0953. The Balaban J connectivity index is 1.92. The quantitative estimate of drug-likeness (QED) is 0.543. The van der Waals surface area contributed by atoms with Gasteiger partial charge in [0.25, 0.3) is 0 Å². The number of rotatable bonds is 10. The van der Waals surface area contributed by atoms with Gasteiger partial charge in [0, 0.05) is 12.1 Å². The lowest BCUT2D eigenvalue weighted by Crippen LogP contribution is -2.31. The largest absolute Gasteiger partial charge is 0.491 e. The average Bonchev–Trinajstić information content (AvgIpc) is 2.70. The molecule has 0 amide bonds. The molecule has 0 spiro atoms. The molecule has 0 aromatic heterocycles. The Morgan fingerprint density at radius 1 is 0.871 bits per heavy atom. The van der Waals surface area contributed by atoms with Crippen molar-refractivity contribution < 1.29 is 18.9 Å². The van der Waals surface area contributed by atoms with Crippen LogP contribution >= 0.6 is 0 Å². The van der Waals surface area contributed by atoms with Gasteiger partial charge in [-0.3, -0.25) is 0 Å². The third-order valence-corrected chi connectivity index (χ3v) is 5.16. The van der Waals surface area contributed by atoms with Gasteiger partial charge in [0.15, 0.2) is 11.5 Å². The molecule has 5 heteroatoms. The Labute approximate surface area is 187 Å². The van der Waals surface area contributed by atoms with E-state index < -0.39 is 0 Å². The van der Waals surface area contributed by atoms with Crippen LogP contribution in [0.15, 0.2) is 30.3 Å². The molecule has 1 heterocycles. The fourth-order valence-corrected chi connectivity index (χ4v) is 4.00. The number of ether oxygens (including phenoxy) is 4. The van der Waals surface area contributed by atoms with Gasteiger partial charge in [-0.05, 0) is 95.8 Å².